The van der Waals surface area contributed by atoms with Gasteiger partial charge in [-0.05, 0) is 26.4 Å². The smallest absolute Gasteiger partial charge is 0.00920 e. The Kier molecular flexibility index (Phi) is 6.63. The Hall–Kier alpha value is -0.0400. The highest BCUT2D eigenvalue weighted by Crippen LogP contribution is 2.21. The average molecular weight is 157 g/mol. The Morgan fingerprint density at radius 1 is 1.18 bits per heavy atom. The molecule has 0 unspecified atom stereocenters. The Balaban J connectivity index is 0.000000461. The largest absolute Gasteiger partial charge is 0.304 e. The van der Waals surface area contributed by atoms with E-state index in [0.29, 0.717) is 0 Å². The van der Waals surface area contributed by atoms with E-state index in [4.69, 9.17) is 0 Å². The van der Waals surface area contributed by atoms with Crippen molar-refractivity contribution in [2.45, 2.75) is 52.5 Å². The first-order chi connectivity index (χ1) is 5.34. The Morgan fingerprint density at radius 3 is 2.00 bits per heavy atom. The highest BCUT2D eigenvalue weighted by Gasteiger charge is 2.17. The van der Waals surface area contributed by atoms with Crippen LogP contribution in [0.4, 0.5) is 0 Å². The Bertz CT molecular complexity index is 74.9. The van der Waals surface area contributed by atoms with Crippen molar-refractivity contribution in [1.82, 2.24) is 4.90 Å². The summed E-state index contributed by atoms with van der Waals surface area (Å²) in [5, 5.41) is 0. The zero-order chi connectivity index (χ0) is 8.69. The van der Waals surface area contributed by atoms with E-state index in [1.165, 1.54) is 32.2 Å². The van der Waals surface area contributed by atoms with E-state index >= 15 is 0 Å². The third kappa shape index (κ3) is 3.76. The minimum Gasteiger partial charge on any atom is -0.304 e. The number of hydrogen-bond acceptors (Lipinski definition) is 1. The van der Waals surface area contributed by atoms with E-state index in [1.807, 2.05) is 13.8 Å². The van der Waals surface area contributed by atoms with Gasteiger partial charge in [-0.1, -0.05) is 33.6 Å². The van der Waals surface area contributed by atoms with Gasteiger partial charge in [0.1, 0.15) is 0 Å². The second kappa shape index (κ2) is 6.66. The van der Waals surface area contributed by atoms with Crippen LogP contribution in [0.15, 0.2) is 0 Å². The van der Waals surface area contributed by atoms with Crippen molar-refractivity contribution in [2.75, 3.05) is 13.6 Å². The van der Waals surface area contributed by atoms with Crippen LogP contribution >= 0.6 is 0 Å². The molecular formula is C10H23N. The highest BCUT2D eigenvalue weighted by atomic mass is 15.1. The normalized spacial score (nSPS) is 18.3. The first kappa shape index (κ1) is 11.0. The fourth-order valence-electron chi connectivity index (χ4n) is 1.60. The average Bonchev–Trinajstić information content (AvgIpc) is 2.59. The summed E-state index contributed by atoms with van der Waals surface area (Å²) >= 11 is 0. The Labute approximate surface area is 71.8 Å². The van der Waals surface area contributed by atoms with E-state index < -0.39 is 0 Å². The second-order valence-corrected chi connectivity index (χ2v) is 3.01. The molecule has 11 heavy (non-hydrogen) atoms. The van der Waals surface area contributed by atoms with Crippen LogP contribution < -0.4 is 0 Å². The van der Waals surface area contributed by atoms with Gasteiger partial charge >= 0.3 is 0 Å². The van der Waals surface area contributed by atoms with E-state index in [-0.39, 0.29) is 0 Å². The van der Waals surface area contributed by atoms with Gasteiger partial charge in [-0.15, -0.1) is 0 Å². The minimum atomic E-state index is 0.912. The first-order valence-electron chi connectivity index (χ1n) is 5.05. The van der Waals surface area contributed by atoms with Gasteiger partial charge in [0.25, 0.3) is 0 Å². The molecule has 1 fully saturated rings. The molecule has 1 nitrogen and oxygen atoms in total. The van der Waals surface area contributed by atoms with Crippen LogP contribution in [0.5, 0.6) is 0 Å². The van der Waals surface area contributed by atoms with Gasteiger partial charge in [0, 0.05) is 6.04 Å². The van der Waals surface area contributed by atoms with E-state index in [1.54, 1.807) is 0 Å². The number of rotatable bonds is 2. The summed E-state index contributed by atoms with van der Waals surface area (Å²) in [7, 11) is 2.23. The molecule has 0 heterocycles. The Morgan fingerprint density at radius 2 is 1.64 bits per heavy atom. The molecule has 0 aromatic carbocycles. The van der Waals surface area contributed by atoms with E-state index in [2.05, 4.69) is 18.9 Å². The third-order valence-corrected chi connectivity index (χ3v) is 2.45. The van der Waals surface area contributed by atoms with Crippen molar-refractivity contribution in [2.24, 2.45) is 0 Å². The SMILES string of the molecule is CC.CCN(C)C1CCCC1. The quantitative estimate of drug-likeness (QED) is 0.595. The molecule has 1 aliphatic carbocycles. The molecule has 1 rings (SSSR count). The maximum atomic E-state index is 2.47. The van der Waals surface area contributed by atoms with Crippen molar-refractivity contribution in [3.63, 3.8) is 0 Å². The molecule has 0 saturated heterocycles. The summed E-state index contributed by atoms with van der Waals surface area (Å²) in [6.07, 6.45) is 5.78. The van der Waals surface area contributed by atoms with Crippen molar-refractivity contribution in [3.8, 4) is 0 Å². The molecule has 0 spiro atoms. The third-order valence-electron chi connectivity index (χ3n) is 2.45. The lowest BCUT2D eigenvalue weighted by Crippen LogP contribution is -2.28. The van der Waals surface area contributed by atoms with Crippen LogP contribution in [0.3, 0.4) is 0 Å². The molecule has 0 N–H and O–H groups in total. The molecule has 0 radical (unpaired) electrons. The molecule has 0 aromatic heterocycles. The van der Waals surface area contributed by atoms with Crippen molar-refractivity contribution < 1.29 is 0 Å². The molecule has 1 aliphatic rings. The topological polar surface area (TPSA) is 3.24 Å². The van der Waals surface area contributed by atoms with Crippen LogP contribution in [0.1, 0.15) is 46.5 Å². The lowest BCUT2D eigenvalue weighted by molar-refractivity contribution is 0.258. The van der Waals surface area contributed by atoms with Crippen LogP contribution in [-0.2, 0) is 0 Å². The molecule has 68 valence electrons. The monoisotopic (exact) mass is 157 g/mol. The fraction of sp³-hybridized carbons (Fsp3) is 1.00. The lowest BCUT2D eigenvalue weighted by atomic mass is 10.2. The minimum absolute atomic E-state index is 0.912. The lowest BCUT2D eigenvalue weighted by Gasteiger charge is -2.21. The standard InChI is InChI=1S/C8H17N.C2H6/c1-3-9(2)8-6-4-5-7-8;1-2/h8H,3-7H2,1-2H3;1-2H3. The molecule has 1 saturated carbocycles. The number of hydrogen-bond donors (Lipinski definition) is 0. The first-order valence-corrected chi connectivity index (χ1v) is 5.05. The van der Waals surface area contributed by atoms with Crippen LogP contribution in [-0.4, -0.2) is 24.5 Å². The zero-order valence-corrected chi connectivity index (χ0v) is 8.56. The molecular weight excluding hydrogens is 134 g/mol. The van der Waals surface area contributed by atoms with Crippen LogP contribution in [0.25, 0.3) is 0 Å². The van der Waals surface area contributed by atoms with Crippen molar-refractivity contribution in [3.05, 3.63) is 0 Å². The molecule has 1 heteroatoms. The predicted octanol–water partition coefficient (Wildman–Crippen LogP) is 2.91. The highest BCUT2D eigenvalue weighted by molar-refractivity contribution is 4.73. The number of nitrogens with zero attached hydrogens (tertiary/aromatic N) is 1. The summed E-state index contributed by atoms with van der Waals surface area (Å²) in [4.78, 5) is 2.47. The fourth-order valence-corrected chi connectivity index (χ4v) is 1.60. The zero-order valence-electron chi connectivity index (χ0n) is 8.56. The molecule has 0 bridgehead atoms. The van der Waals surface area contributed by atoms with Gasteiger partial charge in [-0.2, -0.15) is 0 Å². The van der Waals surface area contributed by atoms with Crippen LogP contribution in [0, 0.1) is 0 Å². The summed E-state index contributed by atoms with van der Waals surface area (Å²) in [6, 6.07) is 0.912. The predicted molar refractivity (Wildman–Crippen MR) is 51.9 cm³/mol. The van der Waals surface area contributed by atoms with E-state index in [0.717, 1.165) is 6.04 Å². The van der Waals surface area contributed by atoms with Gasteiger partial charge < -0.3 is 4.90 Å². The molecule has 0 aliphatic heterocycles. The summed E-state index contributed by atoms with van der Waals surface area (Å²) in [5.41, 5.74) is 0. The van der Waals surface area contributed by atoms with Gasteiger partial charge in [-0.3, -0.25) is 0 Å². The van der Waals surface area contributed by atoms with Gasteiger partial charge in [0.15, 0.2) is 0 Å². The summed E-state index contributed by atoms with van der Waals surface area (Å²) in [5.74, 6) is 0. The summed E-state index contributed by atoms with van der Waals surface area (Å²) < 4.78 is 0. The van der Waals surface area contributed by atoms with Crippen molar-refractivity contribution in [1.29, 1.82) is 0 Å². The summed E-state index contributed by atoms with van der Waals surface area (Å²) in [6.45, 7) is 7.45. The van der Waals surface area contributed by atoms with Gasteiger partial charge in [0.2, 0.25) is 0 Å². The molecule has 0 aromatic rings. The second-order valence-electron chi connectivity index (χ2n) is 3.01. The molecule has 0 amide bonds. The van der Waals surface area contributed by atoms with Gasteiger partial charge in [0.05, 0.1) is 0 Å². The van der Waals surface area contributed by atoms with E-state index in [9.17, 15) is 0 Å². The van der Waals surface area contributed by atoms with Crippen molar-refractivity contribution >= 4 is 0 Å². The molecule has 0 atom stereocenters. The maximum Gasteiger partial charge on any atom is 0.00920 e. The van der Waals surface area contributed by atoms with Gasteiger partial charge in [-0.25, -0.2) is 0 Å². The maximum absolute atomic E-state index is 2.47. The van der Waals surface area contributed by atoms with Crippen LogP contribution in [0.2, 0.25) is 0 Å².